The maximum Gasteiger partial charge on any atom is 0.420 e. The summed E-state index contributed by atoms with van der Waals surface area (Å²) in [6.45, 7) is 8.41. The molecule has 1 aliphatic carbocycles. The SMILES string of the molecule is CC.CCOC(=O)CNCc1cccc2c(C(F)(F)F)c(OC3CCC(C)CC3)ccc12. The van der Waals surface area contributed by atoms with E-state index >= 15 is 0 Å². The van der Waals surface area contributed by atoms with Crippen molar-refractivity contribution in [3.63, 3.8) is 0 Å². The molecule has 7 heteroatoms. The second kappa shape index (κ2) is 12.1. The summed E-state index contributed by atoms with van der Waals surface area (Å²) < 4.78 is 52.7. The number of esters is 1. The Balaban J connectivity index is 0.00000176. The first-order chi connectivity index (χ1) is 15.3. The molecule has 0 saturated heterocycles. The third-order valence-corrected chi connectivity index (χ3v) is 5.54. The van der Waals surface area contributed by atoms with Crippen LogP contribution in [0.25, 0.3) is 10.8 Å². The molecule has 0 radical (unpaired) electrons. The van der Waals surface area contributed by atoms with E-state index in [1.165, 1.54) is 12.1 Å². The molecule has 0 unspecified atom stereocenters. The summed E-state index contributed by atoms with van der Waals surface area (Å²) in [6, 6.07) is 7.93. The van der Waals surface area contributed by atoms with Crippen LogP contribution >= 0.6 is 0 Å². The van der Waals surface area contributed by atoms with Crippen LogP contribution in [0.2, 0.25) is 0 Å². The molecule has 1 N–H and O–H groups in total. The van der Waals surface area contributed by atoms with Crippen LogP contribution in [0, 0.1) is 5.92 Å². The Kier molecular flexibility index (Phi) is 9.82. The van der Waals surface area contributed by atoms with Gasteiger partial charge in [-0.2, -0.15) is 13.2 Å². The molecular weight excluding hydrogens is 419 g/mol. The minimum absolute atomic E-state index is 0.00233. The lowest BCUT2D eigenvalue weighted by molar-refractivity contribution is -0.142. The Morgan fingerprint density at radius 3 is 2.38 bits per heavy atom. The number of hydrogen-bond acceptors (Lipinski definition) is 4. The maximum absolute atomic E-state index is 14.0. The number of rotatable bonds is 7. The average molecular weight is 454 g/mol. The monoisotopic (exact) mass is 453 g/mol. The lowest BCUT2D eigenvalue weighted by atomic mass is 9.89. The number of benzene rings is 2. The van der Waals surface area contributed by atoms with Gasteiger partial charge in [-0.3, -0.25) is 4.79 Å². The average Bonchev–Trinajstić information content (AvgIpc) is 2.76. The van der Waals surface area contributed by atoms with E-state index in [0.717, 1.165) is 25.7 Å². The molecule has 3 rings (SSSR count). The largest absolute Gasteiger partial charge is 0.490 e. The van der Waals surface area contributed by atoms with Gasteiger partial charge in [0, 0.05) is 6.54 Å². The van der Waals surface area contributed by atoms with Gasteiger partial charge in [0.25, 0.3) is 0 Å². The number of nitrogens with one attached hydrogen (secondary N) is 1. The summed E-state index contributed by atoms with van der Waals surface area (Å²) in [5.41, 5.74) is -0.0498. The van der Waals surface area contributed by atoms with E-state index in [9.17, 15) is 18.0 Å². The van der Waals surface area contributed by atoms with Crippen LogP contribution in [0.1, 0.15) is 64.5 Å². The van der Waals surface area contributed by atoms with E-state index in [4.69, 9.17) is 9.47 Å². The fourth-order valence-electron chi connectivity index (χ4n) is 3.99. The van der Waals surface area contributed by atoms with Crippen LogP contribution in [0.4, 0.5) is 13.2 Å². The first-order valence-corrected chi connectivity index (χ1v) is 11.4. The third kappa shape index (κ3) is 6.86. The Labute approximate surface area is 188 Å². The zero-order valence-corrected chi connectivity index (χ0v) is 19.3. The van der Waals surface area contributed by atoms with Gasteiger partial charge in [0.15, 0.2) is 0 Å². The number of fused-ring (bicyclic) bond motifs is 1. The number of carbonyl (C=O) groups is 1. The summed E-state index contributed by atoms with van der Waals surface area (Å²) in [4.78, 5) is 11.5. The Bertz CT molecular complexity index is 875. The van der Waals surface area contributed by atoms with Crippen molar-refractivity contribution in [2.24, 2.45) is 5.92 Å². The highest BCUT2D eigenvalue weighted by molar-refractivity contribution is 5.91. The highest BCUT2D eigenvalue weighted by Gasteiger charge is 2.37. The number of ether oxygens (including phenoxy) is 2. The van der Waals surface area contributed by atoms with E-state index in [0.29, 0.717) is 16.9 Å². The molecule has 0 aromatic heterocycles. The van der Waals surface area contributed by atoms with Gasteiger partial charge < -0.3 is 14.8 Å². The standard InChI is InChI=1S/C23H28F3NO3.C2H6/c1-3-29-21(28)14-27-13-16-5-4-6-19-18(16)11-12-20(22(19)23(24,25)26)30-17-9-7-15(2)8-10-17;1-2/h4-6,11-12,15,17,27H,3,7-10,13-14H2,1-2H3;1-2H3. The van der Waals surface area contributed by atoms with Gasteiger partial charge >= 0.3 is 12.1 Å². The zero-order chi connectivity index (χ0) is 23.7. The van der Waals surface area contributed by atoms with Gasteiger partial charge in [-0.1, -0.05) is 45.0 Å². The van der Waals surface area contributed by atoms with E-state index in [1.807, 2.05) is 13.8 Å². The third-order valence-electron chi connectivity index (χ3n) is 5.54. The summed E-state index contributed by atoms with van der Waals surface area (Å²) in [7, 11) is 0. The van der Waals surface area contributed by atoms with Crippen molar-refractivity contribution in [2.45, 2.75) is 72.2 Å². The van der Waals surface area contributed by atoms with Crippen molar-refractivity contribution in [1.29, 1.82) is 0 Å². The predicted octanol–water partition coefficient (Wildman–Crippen LogP) is 6.50. The molecule has 1 aliphatic rings. The van der Waals surface area contributed by atoms with Crippen molar-refractivity contribution < 1.29 is 27.4 Å². The molecule has 0 bridgehead atoms. The van der Waals surface area contributed by atoms with Crippen molar-refractivity contribution in [1.82, 2.24) is 5.32 Å². The van der Waals surface area contributed by atoms with Crippen LogP contribution in [0.5, 0.6) is 5.75 Å². The molecule has 1 saturated carbocycles. The fraction of sp³-hybridized carbons (Fsp3) is 0.560. The molecule has 0 aliphatic heterocycles. The Hall–Kier alpha value is -2.28. The molecule has 2 aromatic carbocycles. The van der Waals surface area contributed by atoms with E-state index in [-0.39, 0.29) is 36.9 Å². The van der Waals surface area contributed by atoms with Gasteiger partial charge in [-0.05, 0) is 60.9 Å². The topological polar surface area (TPSA) is 47.6 Å². The van der Waals surface area contributed by atoms with Crippen molar-refractivity contribution >= 4 is 16.7 Å². The fourth-order valence-corrected chi connectivity index (χ4v) is 3.99. The molecule has 32 heavy (non-hydrogen) atoms. The highest BCUT2D eigenvalue weighted by Crippen LogP contribution is 2.43. The van der Waals surface area contributed by atoms with Crippen molar-refractivity contribution in [3.05, 3.63) is 41.5 Å². The van der Waals surface area contributed by atoms with Gasteiger partial charge in [-0.15, -0.1) is 0 Å². The lowest BCUT2D eigenvalue weighted by Crippen LogP contribution is -2.25. The van der Waals surface area contributed by atoms with E-state index in [2.05, 4.69) is 12.2 Å². The molecule has 0 amide bonds. The summed E-state index contributed by atoms with van der Waals surface area (Å²) in [5, 5.41) is 3.54. The minimum atomic E-state index is -4.53. The molecule has 0 spiro atoms. The van der Waals surface area contributed by atoms with Crippen molar-refractivity contribution in [3.8, 4) is 5.75 Å². The first kappa shape index (κ1) is 26.0. The summed E-state index contributed by atoms with van der Waals surface area (Å²) >= 11 is 0. The molecule has 1 fully saturated rings. The van der Waals surface area contributed by atoms with Gasteiger partial charge in [0.2, 0.25) is 0 Å². The normalized spacial score (nSPS) is 18.6. The van der Waals surface area contributed by atoms with Gasteiger partial charge in [-0.25, -0.2) is 0 Å². The van der Waals surface area contributed by atoms with Crippen LogP contribution in [-0.4, -0.2) is 25.2 Å². The Morgan fingerprint density at radius 2 is 1.75 bits per heavy atom. The molecule has 178 valence electrons. The lowest BCUT2D eigenvalue weighted by Gasteiger charge is -2.28. The smallest absolute Gasteiger partial charge is 0.420 e. The van der Waals surface area contributed by atoms with E-state index < -0.39 is 17.7 Å². The summed E-state index contributed by atoms with van der Waals surface area (Å²) in [6.07, 6.45) is -1.24. The number of halogens is 3. The number of carbonyl (C=O) groups excluding carboxylic acids is 1. The highest BCUT2D eigenvalue weighted by atomic mass is 19.4. The second-order valence-corrected chi connectivity index (χ2v) is 7.86. The Morgan fingerprint density at radius 1 is 1.06 bits per heavy atom. The quantitative estimate of drug-likeness (QED) is 0.487. The molecule has 0 heterocycles. The predicted molar refractivity (Wildman–Crippen MR) is 121 cm³/mol. The maximum atomic E-state index is 14.0. The molecule has 4 nitrogen and oxygen atoms in total. The van der Waals surface area contributed by atoms with Crippen LogP contribution in [-0.2, 0) is 22.3 Å². The van der Waals surface area contributed by atoms with Crippen LogP contribution in [0.3, 0.4) is 0 Å². The summed E-state index contributed by atoms with van der Waals surface area (Å²) in [5.74, 6) is 0.0885. The van der Waals surface area contributed by atoms with Gasteiger partial charge in [0.1, 0.15) is 11.3 Å². The molecule has 2 aromatic rings. The van der Waals surface area contributed by atoms with Gasteiger partial charge in [0.05, 0.1) is 19.3 Å². The van der Waals surface area contributed by atoms with Crippen LogP contribution < -0.4 is 10.1 Å². The van der Waals surface area contributed by atoms with Crippen LogP contribution in [0.15, 0.2) is 30.3 Å². The first-order valence-electron chi connectivity index (χ1n) is 11.4. The molecular formula is C25H34F3NO3. The van der Waals surface area contributed by atoms with Crippen molar-refractivity contribution in [2.75, 3.05) is 13.2 Å². The number of hydrogen-bond donors (Lipinski definition) is 1. The molecule has 0 atom stereocenters. The number of alkyl halides is 3. The minimum Gasteiger partial charge on any atom is -0.490 e. The van der Waals surface area contributed by atoms with E-state index in [1.54, 1.807) is 25.1 Å². The zero-order valence-electron chi connectivity index (χ0n) is 19.3. The second-order valence-electron chi connectivity index (χ2n) is 7.86.